The monoisotopic (exact) mass is 272 g/mol. The number of sulfone groups is 1. The molecule has 0 saturated heterocycles. The van der Waals surface area contributed by atoms with Gasteiger partial charge in [-0.3, -0.25) is 0 Å². The molecule has 0 aliphatic heterocycles. The van der Waals surface area contributed by atoms with E-state index in [1.54, 1.807) is 6.33 Å². The van der Waals surface area contributed by atoms with Crippen molar-refractivity contribution in [1.82, 2.24) is 20.1 Å². The minimum atomic E-state index is -2.94. The zero-order valence-corrected chi connectivity index (χ0v) is 11.7. The van der Waals surface area contributed by atoms with E-state index in [-0.39, 0.29) is 11.3 Å². The van der Waals surface area contributed by atoms with Crippen LogP contribution in [0.2, 0.25) is 0 Å². The molecule has 1 aliphatic carbocycles. The first-order chi connectivity index (χ1) is 8.48. The van der Waals surface area contributed by atoms with Gasteiger partial charge in [0.25, 0.3) is 0 Å². The normalized spacial score (nSPS) is 24.6. The summed E-state index contributed by atoms with van der Waals surface area (Å²) in [5.74, 6) is 0.913. The molecule has 0 spiro atoms. The number of rotatable bonds is 5. The van der Waals surface area contributed by atoms with Crippen LogP contribution in [-0.2, 0) is 23.3 Å². The molecule has 1 heterocycles. The van der Waals surface area contributed by atoms with E-state index in [1.807, 2.05) is 11.6 Å². The molecule has 6 nitrogen and oxygen atoms in total. The Labute approximate surface area is 108 Å². The highest BCUT2D eigenvalue weighted by atomic mass is 32.2. The van der Waals surface area contributed by atoms with Crippen molar-refractivity contribution in [3.8, 4) is 0 Å². The molecule has 0 aromatic carbocycles. The Balaban J connectivity index is 1.85. The number of hydrogen-bond acceptors (Lipinski definition) is 5. The fourth-order valence-electron chi connectivity index (χ4n) is 2.57. The van der Waals surface area contributed by atoms with E-state index >= 15 is 0 Å². The molecule has 1 aromatic heterocycles. The lowest BCUT2D eigenvalue weighted by molar-refractivity contribution is 0.505. The summed E-state index contributed by atoms with van der Waals surface area (Å²) in [5.41, 5.74) is 0. The third kappa shape index (κ3) is 3.08. The summed E-state index contributed by atoms with van der Waals surface area (Å²) >= 11 is 0. The van der Waals surface area contributed by atoms with Gasteiger partial charge < -0.3 is 9.88 Å². The first kappa shape index (κ1) is 13.5. The van der Waals surface area contributed by atoms with Crippen molar-refractivity contribution in [2.24, 2.45) is 7.05 Å². The molecule has 1 N–H and O–H groups in total. The first-order valence-electron chi connectivity index (χ1n) is 6.23. The van der Waals surface area contributed by atoms with Gasteiger partial charge in [0.05, 0.1) is 5.25 Å². The van der Waals surface area contributed by atoms with Crippen LogP contribution in [-0.4, -0.2) is 47.3 Å². The van der Waals surface area contributed by atoms with Gasteiger partial charge in [-0.15, -0.1) is 10.2 Å². The number of aromatic nitrogens is 3. The molecule has 0 radical (unpaired) electrons. The Hall–Kier alpha value is -0.950. The van der Waals surface area contributed by atoms with Gasteiger partial charge in [0.1, 0.15) is 12.2 Å². The van der Waals surface area contributed by atoms with Crippen LogP contribution in [0.5, 0.6) is 0 Å². The van der Waals surface area contributed by atoms with Crippen molar-refractivity contribution in [3.05, 3.63) is 12.2 Å². The Morgan fingerprint density at radius 2 is 2.28 bits per heavy atom. The first-order valence-corrected chi connectivity index (χ1v) is 8.19. The largest absolute Gasteiger partial charge is 0.321 e. The molecule has 1 fully saturated rings. The molecule has 2 rings (SSSR count). The minimum Gasteiger partial charge on any atom is -0.321 e. The summed E-state index contributed by atoms with van der Waals surface area (Å²) in [4.78, 5) is 0. The lowest BCUT2D eigenvalue weighted by atomic mass is 10.2. The van der Waals surface area contributed by atoms with Crippen molar-refractivity contribution in [1.29, 1.82) is 0 Å². The Morgan fingerprint density at radius 1 is 1.50 bits per heavy atom. The van der Waals surface area contributed by atoms with Crippen molar-refractivity contribution in [2.45, 2.75) is 37.0 Å². The van der Waals surface area contributed by atoms with Gasteiger partial charge in [-0.05, 0) is 12.8 Å². The lowest BCUT2D eigenvalue weighted by Gasteiger charge is -2.19. The van der Waals surface area contributed by atoms with Crippen LogP contribution in [0.3, 0.4) is 0 Å². The quantitative estimate of drug-likeness (QED) is 0.811. The second-order valence-electron chi connectivity index (χ2n) is 4.97. The number of hydrogen-bond donors (Lipinski definition) is 1. The van der Waals surface area contributed by atoms with Crippen LogP contribution >= 0.6 is 0 Å². The van der Waals surface area contributed by atoms with Crippen molar-refractivity contribution < 1.29 is 8.42 Å². The highest BCUT2D eigenvalue weighted by Gasteiger charge is 2.34. The Kier molecular flexibility index (Phi) is 4.01. The topological polar surface area (TPSA) is 76.9 Å². The molecule has 102 valence electrons. The second kappa shape index (κ2) is 5.36. The smallest absolute Gasteiger partial charge is 0.151 e. The third-order valence-corrected chi connectivity index (χ3v) is 5.23. The van der Waals surface area contributed by atoms with E-state index in [9.17, 15) is 8.42 Å². The van der Waals surface area contributed by atoms with Crippen LogP contribution in [0, 0.1) is 0 Å². The number of nitrogens with one attached hydrogen (secondary N) is 1. The maximum absolute atomic E-state index is 11.6. The van der Waals surface area contributed by atoms with Gasteiger partial charge in [-0.1, -0.05) is 6.42 Å². The highest BCUT2D eigenvalue weighted by Crippen LogP contribution is 2.24. The van der Waals surface area contributed by atoms with Crippen LogP contribution in [0.15, 0.2) is 6.33 Å². The van der Waals surface area contributed by atoms with Gasteiger partial charge >= 0.3 is 0 Å². The molecule has 18 heavy (non-hydrogen) atoms. The molecule has 2 unspecified atom stereocenters. The summed E-state index contributed by atoms with van der Waals surface area (Å²) in [5, 5.41) is 10.9. The van der Waals surface area contributed by atoms with E-state index in [4.69, 9.17) is 0 Å². The molecule has 2 atom stereocenters. The Morgan fingerprint density at radius 3 is 2.89 bits per heavy atom. The fourth-order valence-corrected chi connectivity index (χ4v) is 4.00. The molecular weight excluding hydrogens is 252 g/mol. The zero-order chi connectivity index (χ0) is 13.2. The van der Waals surface area contributed by atoms with Gasteiger partial charge in [-0.2, -0.15) is 0 Å². The zero-order valence-electron chi connectivity index (χ0n) is 10.8. The summed E-state index contributed by atoms with van der Waals surface area (Å²) in [6.45, 7) is 0.739. The van der Waals surface area contributed by atoms with Crippen LogP contribution < -0.4 is 5.32 Å². The predicted molar refractivity (Wildman–Crippen MR) is 69.0 cm³/mol. The van der Waals surface area contributed by atoms with Gasteiger partial charge in [0.2, 0.25) is 0 Å². The predicted octanol–water partition coefficient (Wildman–Crippen LogP) is -0.0871. The Bertz CT molecular complexity index is 497. The summed E-state index contributed by atoms with van der Waals surface area (Å²) in [6, 6.07) is 0.0910. The van der Waals surface area contributed by atoms with Gasteiger partial charge in [-0.25, -0.2) is 8.42 Å². The summed E-state index contributed by atoms with van der Waals surface area (Å²) in [7, 11) is -1.03. The minimum absolute atomic E-state index is 0.0910. The SMILES string of the molecule is Cn1cnnc1CCNC1CCCC1S(C)(=O)=O. The van der Waals surface area contributed by atoms with Crippen LogP contribution in [0.25, 0.3) is 0 Å². The lowest BCUT2D eigenvalue weighted by Crippen LogP contribution is -2.40. The number of aryl methyl sites for hydroxylation is 1. The van der Waals surface area contributed by atoms with E-state index < -0.39 is 9.84 Å². The van der Waals surface area contributed by atoms with Crippen LogP contribution in [0.4, 0.5) is 0 Å². The van der Waals surface area contributed by atoms with Gasteiger partial charge in [0, 0.05) is 32.3 Å². The average Bonchev–Trinajstić information content (AvgIpc) is 2.87. The maximum atomic E-state index is 11.6. The fraction of sp³-hybridized carbons (Fsp3) is 0.818. The average molecular weight is 272 g/mol. The van der Waals surface area contributed by atoms with Crippen molar-refractivity contribution in [3.63, 3.8) is 0 Å². The summed E-state index contributed by atoms with van der Waals surface area (Å²) in [6.07, 6.45) is 6.48. The van der Waals surface area contributed by atoms with E-state index in [2.05, 4.69) is 15.5 Å². The van der Waals surface area contributed by atoms with Crippen LogP contribution in [0.1, 0.15) is 25.1 Å². The number of nitrogens with zero attached hydrogens (tertiary/aromatic N) is 3. The van der Waals surface area contributed by atoms with E-state index in [0.717, 1.165) is 38.1 Å². The molecule has 7 heteroatoms. The van der Waals surface area contributed by atoms with Crippen molar-refractivity contribution >= 4 is 9.84 Å². The molecular formula is C11H20N4O2S. The standard InChI is InChI=1S/C11H20N4O2S/c1-15-8-13-14-11(15)6-7-12-9-4-3-5-10(9)18(2,16)17/h8-10,12H,3-7H2,1-2H3. The molecule has 1 aliphatic rings. The third-order valence-electron chi connectivity index (χ3n) is 3.56. The van der Waals surface area contributed by atoms with Gasteiger partial charge in [0.15, 0.2) is 9.84 Å². The second-order valence-corrected chi connectivity index (χ2v) is 7.23. The molecule has 1 saturated carbocycles. The van der Waals surface area contributed by atoms with Crippen molar-refractivity contribution in [2.75, 3.05) is 12.8 Å². The highest BCUT2D eigenvalue weighted by molar-refractivity contribution is 7.91. The maximum Gasteiger partial charge on any atom is 0.151 e. The van der Waals surface area contributed by atoms with E-state index in [1.165, 1.54) is 6.26 Å². The summed E-state index contributed by atoms with van der Waals surface area (Å²) < 4.78 is 25.1. The molecule has 0 bridgehead atoms. The molecule has 0 amide bonds. The molecule has 1 aromatic rings. The van der Waals surface area contributed by atoms with E-state index in [0.29, 0.717) is 0 Å².